The Kier molecular flexibility index (Phi) is 6.44. The minimum Gasteiger partial charge on any atom is -0.391 e. The number of rotatable bonds is 6. The highest BCUT2D eigenvalue weighted by molar-refractivity contribution is 6.10. The second-order valence-electron chi connectivity index (χ2n) is 7.61. The number of nitrogens with one attached hydrogen (secondary N) is 2. The van der Waals surface area contributed by atoms with E-state index in [9.17, 15) is 4.79 Å². The molecule has 32 heavy (non-hydrogen) atoms. The molecule has 1 aliphatic heterocycles. The molecular formula is C23H28N8O. The average molecular weight is 433 g/mol. The van der Waals surface area contributed by atoms with Crippen LogP contribution in [0.1, 0.15) is 19.5 Å². The Morgan fingerprint density at radius 2 is 2.09 bits per heavy atom. The van der Waals surface area contributed by atoms with Crippen molar-refractivity contribution in [3.8, 4) is 11.4 Å². The van der Waals surface area contributed by atoms with Crippen LogP contribution in [0.4, 0.5) is 5.82 Å². The topological polar surface area (TPSA) is 102 Å². The SMILES string of the molecule is CCN/C=C(\C=N/C)c1cc2c(-c3cccc(N4CCN(C(C)=O)CC4)n3)n[nH]c2cn1. The summed E-state index contributed by atoms with van der Waals surface area (Å²) in [4.78, 5) is 29.3. The van der Waals surface area contributed by atoms with Crippen molar-refractivity contribution in [2.75, 3.05) is 44.7 Å². The van der Waals surface area contributed by atoms with E-state index >= 15 is 0 Å². The number of amides is 1. The van der Waals surface area contributed by atoms with E-state index in [4.69, 9.17) is 4.98 Å². The Labute approximate surface area is 187 Å². The van der Waals surface area contributed by atoms with Gasteiger partial charge in [-0.05, 0) is 25.1 Å². The minimum absolute atomic E-state index is 0.120. The molecule has 1 aliphatic rings. The molecule has 4 heterocycles. The molecule has 0 saturated carbocycles. The average Bonchev–Trinajstić information content (AvgIpc) is 3.25. The van der Waals surface area contributed by atoms with E-state index in [-0.39, 0.29) is 5.91 Å². The number of hydrogen-bond donors (Lipinski definition) is 2. The molecule has 3 aromatic heterocycles. The first-order valence-corrected chi connectivity index (χ1v) is 10.8. The number of hydrogen-bond acceptors (Lipinski definition) is 7. The number of aliphatic imine (C=N–C) groups is 1. The van der Waals surface area contributed by atoms with E-state index in [1.54, 1.807) is 26.4 Å². The maximum absolute atomic E-state index is 11.6. The van der Waals surface area contributed by atoms with Crippen LogP contribution in [0, 0.1) is 0 Å². The molecule has 0 bridgehead atoms. The fourth-order valence-corrected chi connectivity index (χ4v) is 3.78. The van der Waals surface area contributed by atoms with E-state index in [1.165, 1.54) is 0 Å². The van der Waals surface area contributed by atoms with Gasteiger partial charge in [0.15, 0.2) is 0 Å². The highest BCUT2D eigenvalue weighted by Gasteiger charge is 2.20. The van der Waals surface area contributed by atoms with Crippen molar-refractivity contribution >= 4 is 34.4 Å². The summed E-state index contributed by atoms with van der Waals surface area (Å²) < 4.78 is 0. The largest absolute Gasteiger partial charge is 0.391 e. The highest BCUT2D eigenvalue weighted by atomic mass is 16.2. The lowest BCUT2D eigenvalue weighted by molar-refractivity contribution is -0.129. The second kappa shape index (κ2) is 9.59. The van der Waals surface area contributed by atoms with Gasteiger partial charge in [-0.2, -0.15) is 5.10 Å². The molecule has 0 radical (unpaired) electrons. The number of piperazine rings is 1. The number of nitrogens with zero attached hydrogens (tertiary/aromatic N) is 6. The number of fused-ring (bicyclic) bond motifs is 1. The summed E-state index contributed by atoms with van der Waals surface area (Å²) in [6, 6.07) is 7.98. The van der Waals surface area contributed by atoms with E-state index in [0.29, 0.717) is 13.1 Å². The molecule has 2 N–H and O–H groups in total. The molecule has 1 amide bonds. The lowest BCUT2D eigenvalue weighted by Crippen LogP contribution is -2.48. The van der Waals surface area contributed by atoms with Gasteiger partial charge in [-0.3, -0.25) is 19.9 Å². The Morgan fingerprint density at radius 3 is 2.81 bits per heavy atom. The zero-order valence-electron chi connectivity index (χ0n) is 18.7. The molecule has 0 unspecified atom stereocenters. The van der Waals surface area contributed by atoms with Crippen LogP contribution in [0.5, 0.6) is 0 Å². The van der Waals surface area contributed by atoms with Crippen LogP contribution in [0.2, 0.25) is 0 Å². The van der Waals surface area contributed by atoms with Crippen LogP contribution in [-0.4, -0.2) is 77.0 Å². The molecule has 3 aromatic rings. The number of H-pyrrole nitrogens is 1. The van der Waals surface area contributed by atoms with Crippen molar-refractivity contribution in [3.63, 3.8) is 0 Å². The van der Waals surface area contributed by atoms with Gasteiger partial charge in [0, 0.05) is 70.1 Å². The van der Waals surface area contributed by atoms with Crippen LogP contribution in [0.3, 0.4) is 0 Å². The lowest BCUT2D eigenvalue weighted by atomic mass is 10.1. The quantitative estimate of drug-likeness (QED) is 0.580. The summed E-state index contributed by atoms with van der Waals surface area (Å²) in [5, 5.41) is 11.8. The summed E-state index contributed by atoms with van der Waals surface area (Å²) in [6.07, 6.45) is 5.49. The Bertz CT molecular complexity index is 1160. The smallest absolute Gasteiger partial charge is 0.219 e. The number of aromatic nitrogens is 4. The fraction of sp³-hybridized carbons (Fsp3) is 0.348. The molecule has 166 valence electrons. The highest BCUT2D eigenvalue weighted by Crippen LogP contribution is 2.28. The predicted octanol–water partition coefficient (Wildman–Crippen LogP) is 2.34. The molecule has 9 nitrogen and oxygen atoms in total. The molecule has 0 atom stereocenters. The van der Waals surface area contributed by atoms with Gasteiger partial charge in [0.05, 0.1) is 23.1 Å². The van der Waals surface area contributed by atoms with Crippen LogP contribution < -0.4 is 10.2 Å². The van der Waals surface area contributed by atoms with Crippen molar-refractivity contribution in [2.24, 2.45) is 4.99 Å². The van der Waals surface area contributed by atoms with Crippen LogP contribution in [0.15, 0.2) is 41.7 Å². The van der Waals surface area contributed by atoms with Crippen molar-refractivity contribution < 1.29 is 4.79 Å². The third-order valence-corrected chi connectivity index (χ3v) is 5.50. The number of pyridine rings is 2. The van der Waals surface area contributed by atoms with Gasteiger partial charge >= 0.3 is 0 Å². The van der Waals surface area contributed by atoms with Crippen LogP contribution >= 0.6 is 0 Å². The van der Waals surface area contributed by atoms with Gasteiger partial charge in [0.1, 0.15) is 11.5 Å². The second-order valence-corrected chi connectivity index (χ2v) is 7.61. The number of aromatic amines is 1. The zero-order valence-corrected chi connectivity index (χ0v) is 18.7. The number of anilines is 1. The molecule has 0 aromatic carbocycles. The number of carbonyl (C=O) groups is 1. The van der Waals surface area contributed by atoms with Crippen molar-refractivity contribution in [3.05, 3.63) is 42.4 Å². The standard InChI is InChI=1S/C23H28N8O/c1-4-25-14-17(13-24-3)20-12-18-21(15-26-20)28-29-23(18)19-6-5-7-22(27-19)31-10-8-30(9-11-31)16(2)32/h5-7,12-15,25H,4,8-11H2,1-3H3,(H,28,29)/b17-14+,24-13-. The third-order valence-electron chi connectivity index (χ3n) is 5.50. The summed E-state index contributed by atoms with van der Waals surface area (Å²) in [5.74, 6) is 1.01. The van der Waals surface area contributed by atoms with E-state index in [0.717, 1.165) is 59.0 Å². The third kappa shape index (κ3) is 4.46. The lowest BCUT2D eigenvalue weighted by Gasteiger charge is -2.35. The number of allylic oxidation sites excluding steroid dienone is 1. The summed E-state index contributed by atoms with van der Waals surface area (Å²) in [5.41, 5.74) is 4.13. The van der Waals surface area contributed by atoms with Gasteiger partial charge in [0.25, 0.3) is 0 Å². The fourth-order valence-electron chi connectivity index (χ4n) is 3.78. The molecule has 9 heteroatoms. The van der Waals surface area contributed by atoms with E-state index < -0.39 is 0 Å². The first kappa shape index (κ1) is 21.5. The van der Waals surface area contributed by atoms with Gasteiger partial charge in [0.2, 0.25) is 5.91 Å². The molecule has 0 spiro atoms. The monoisotopic (exact) mass is 432 g/mol. The summed E-state index contributed by atoms with van der Waals surface area (Å²) in [7, 11) is 1.74. The van der Waals surface area contributed by atoms with Gasteiger partial charge in [-0.25, -0.2) is 4.98 Å². The Balaban J connectivity index is 1.65. The maximum atomic E-state index is 11.6. The molecule has 0 aliphatic carbocycles. The molecule has 4 rings (SSSR count). The molecule has 1 saturated heterocycles. The first-order valence-electron chi connectivity index (χ1n) is 10.8. The van der Waals surface area contributed by atoms with Crippen LogP contribution in [0.25, 0.3) is 27.9 Å². The minimum atomic E-state index is 0.120. The van der Waals surface area contributed by atoms with Crippen molar-refractivity contribution in [2.45, 2.75) is 13.8 Å². The van der Waals surface area contributed by atoms with Gasteiger partial charge in [-0.1, -0.05) is 6.07 Å². The van der Waals surface area contributed by atoms with Crippen molar-refractivity contribution in [1.29, 1.82) is 0 Å². The zero-order chi connectivity index (χ0) is 22.5. The van der Waals surface area contributed by atoms with Crippen molar-refractivity contribution in [1.82, 2.24) is 30.4 Å². The Morgan fingerprint density at radius 1 is 1.28 bits per heavy atom. The predicted molar refractivity (Wildman–Crippen MR) is 128 cm³/mol. The van der Waals surface area contributed by atoms with E-state index in [2.05, 4.69) is 30.4 Å². The first-order chi connectivity index (χ1) is 15.6. The van der Waals surface area contributed by atoms with Gasteiger partial charge in [-0.15, -0.1) is 0 Å². The normalized spacial score (nSPS) is 15.0. The molecule has 1 fully saturated rings. The van der Waals surface area contributed by atoms with E-state index in [1.807, 2.05) is 42.3 Å². The number of carbonyl (C=O) groups excluding carboxylic acids is 1. The molecular weight excluding hydrogens is 404 g/mol. The van der Waals surface area contributed by atoms with Crippen LogP contribution in [-0.2, 0) is 4.79 Å². The Hall–Kier alpha value is -3.75. The summed E-state index contributed by atoms with van der Waals surface area (Å²) in [6.45, 7) is 7.42. The maximum Gasteiger partial charge on any atom is 0.219 e. The van der Waals surface area contributed by atoms with Gasteiger partial charge < -0.3 is 15.1 Å². The summed E-state index contributed by atoms with van der Waals surface area (Å²) >= 11 is 0.